The maximum atomic E-state index is 13.3. The van der Waals surface area contributed by atoms with Crippen LogP contribution >= 0.6 is 0 Å². The fourth-order valence-corrected chi connectivity index (χ4v) is 2.19. The van der Waals surface area contributed by atoms with Crippen LogP contribution in [0.2, 0.25) is 0 Å². The number of aromatic nitrogens is 1. The molecule has 0 unspecified atom stereocenters. The van der Waals surface area contributed by atoms with Crippen LogP contribution < -0.4 is 10.2 Å². The van der Waals surface area contributed by atoms with Gasteiger partial charge in [-0.3, -0.25) is 9.88 Å². The second kappa shape index (κ2) is 4.68. The molecule has 96 valence electrons. The van der Waals surface area contributed by atoms with Crippen molar-refractivity contribution in [3.63, 3.8) is 0 Å². The highest BCUT2D eigenvalue weighted by molar-refractivity contribution is 6.03. The standard InChI is InChI=1S/C14H12FN3O/c15-11-4-3-10-5-7-18(13(10)8-11)14(19)17-12-2-1-6-16-9-12/h1-4,6,8-9H,5,7H2,(H,17,19). The minimum Gasteiger partial charge on any atom is -0.306 e. The molecule has 0 fully saturated rings. The van der Waals surface area contributed by atoms with Crippen LogP contribution in [0.1, 0.15) is 5.56 Å². The maximum Gasteiger partial charge on any atom is 0.326 e. The van der Waals surface area contributed by atoms with E-state index in [9.17, 15) is 9.18 Å². The summed E-state index contributed by atoms with van der Waals surface area (Å²) in [6.07, 6.45) is 3.95. The Morgan fingerprint density at radius 1 is 1.37 bits per heavy atom. The second-order valence-electron chi connectivity index (χ2n) is 4.35. The van der Waals surface area contributed by atoms with Crippen LogP contribution in [0, 0.1) is 5.82 Å². The third kappa shape index (κ3) is 2.27. The van der Waals surface area contributed by atoms with Crippen LogP contribution in [-0.4, -0.2) is 17.6 Å². The predicted molar refractivity (Wildman–Crippen MR) is 70.7 cm³/mol. The summed E-state index contributed by atoms with van der Waals surface area (Å²) in [5.41, 5.74) is 2.25. The summed E-state index contributed by atoms with van der Waals surface area (Å²) in [6, 6.07) is 7.77. The molecule has 1 aliphatic rings. The first kappa shape index (κ1) is 11.6. The molecular weight excluding hydrogens is 245 g/mol. The summed E-state index contributed by atoms with van der Waals surface area (Å²) >= 11 is 0. The number of benzene rings is 1. The topological polar surface area (TPSA) is 45.2 Å². The molecule has 2 heterocycles. The number of nitrogens with zero attached hydrogens (tertiary/aromatic N) is 2. The van der Waals surface area contributed by atoms with Gasteiger partial charge in [0.15, 0.2) is 0 Å². The molecule has 2 amide bonds. The second-order valence-corrected chi connectivity index (χ2v) is 4.35. The Balaban J connectivity index is 1.82. The van der Waals surface area contributed by atoms with Crippen molar-refractivity contribution in [2.75, 3.05) is 16.8 Å². The highest BCUT2D eigenvalue weighted by Crippen LogP contribution is 2.29. The largest absolute Gasteiger partial charge is 0.326 e. The van der Waals surface area contributed by atoms with E-state index < -0.39 is 0 Å². The van der Waals surface area contributed by atoms with E-state index >= 15 is 0 Å². The van der Waals surface area contributed by atoms with E-state index in [2.05, 4.69) is 10.3 Å². The van der Waals surface area contributed by atoms with Crippen LogP contribution in [0.25, 0.3) is 0 Å². The number of anilines is 2. The fraction of sp³-hybridized carbons (Fsp3) is 0.143. The van der Waals surface area contributed by atoms with Crippen LogP contribution in [0.3, 0.4) is 0 Å². The lowest BCUT2D eigenvalue weighted by molar-refractivity contribution is 0.257. The Kier molecular flexibility index (Phi) is 2.87. The van der Waals surface area contributed by atoms with E-state index in [1.807, 2.05) is 0 Å². The molecule has 19 heavy (non-hydrogen) atoms. The summed E-state index contributed by atoms with van der Waals surface area (Å²) in [7, 11) is 0. The average Bonchev–Trinajstić information content (AvgIpc) is 2.82. The van der Waals surface area contributed by atoms with Crippen LogP contribution in [0.4, 0.5) is 20.6 Å². The van der Waals surface area contributed by atoms with Crippen molar-refractivity contribution in [3.05, 3.63) is 54.1 Å². The van der Waals surface area contributed by atoms with Crippen molar-refractivity contribution in [2.45, 2.75) is 6.42 Å². The summed E-state index contributed by atoms with van der Waals surface area (Å²) in [5.74, 6) is -0.333. The first-order valence-corrected chi connectivity index (χ1v) is 6.01. The van der Waals surface area contributed by atoms with Gasteiger partial charge in [-0.05, 0) is 36.2 Å². The molecule has 3 rings (SSSR count). The van der Waals surface area contributed by atoms with Gasteiger partial charge in [-0.15, -0.1) is 0 Å². The van der Waals surface area contributed by atoms with Crippen LogP contribution in [0.15, 0.2) is 42.7 Å². The number of fused-ring (bicyclic) bond motifs is 1. The number of pyridine rings is 1. The number of hydrogen-bond donors (Lipinski definition) is 1. The summed E-state index contributed by atoms with van der Waals surface area (Å²) < 4.78 is 13.3. The Morgan fingerprint density at radius 2 is 2.26 bits per heavy atom. The summed E-state index contributed by atoms with van der Waals surface area (Å²) in [4.78, 5) is 17.6. The zero-order valence-electron chi connectivity index (χ0n) is 10.1. The number of nitrogens with one attached hydrogen (secondary N) is 1. The first-order valence-electron chi connectivity index (χ1n) is 6.01. The molecule has 1 aromatic heterocycles. The van der Waals surface area contributed by atoms with Gasteiger partial charge >= 0.3 is 6.03 Å². The molecule has 4 nitrogen and oxygen atoms in total. The Hall–Kier alpha value is -2.43. The zero-order chi connectivity index (χ0) is 13.2. The van der Waals surface area contributed by atoms with E-state index in [0.29, 0.717) is 17.9 Å². The number of carbonyl (C=O) groups is 1. The zero-order valence-corrected chi connectivity index (χ0v) is 10.1. The van der Waals surface area contributed by atoms with Crippen molar-refractivity contribution in [1.29, 1.82) is 0 Å². The molecule has 0 bridgehead atoms. The smallest absolute Gasteiger partial charge is 0.306 e. The molecule has 0 saturated carbocycles. The minimum atomic E-state index is -0.333. The number of hydrogen-bond acceptors (Lipinski definition) is 2. The fourth-order valence-electron chi connectivity index (χ4n) is 2.19. The number of carbonyl (C=O) groups excluding carboxylic acids is 1. The van der Waals surface area contributed by atoms with Crippen LogP contribution in [0.5, 0.6) is 0 Å². The van der Waals surface area contributed by atoms with Gasteiger partial charge < -0.3 is 5.32 Å². The van der Waals surface area contributed by atoms with Gasteiger partial charge in [0.1, 0.15) is 5.82 Å². The lowest BCUT2D eigenvalue weighted by Gasteiger charge is -2.18. The molecule has 2 aromatic rings. The molecule has 1 aromatic carbocycles. The maximum absolute atomic E-state index is 13.3. The first-order chi connectivity index (χ1) is 9.24. The SMILES string of the molecule is O=C(Nc1cccnc1)N1CCc2ccc(F)cc21. The molecule has 5 heteroatoms. The lowest BCUT2D eigenvalue weighted by atomic mass is 10.2. The number of urea groups is 1. The molecule has 0 radical (unpaired) electrons. The number of halogens is 1. The molecule has 0 saturated heterocycles. The summed E-state index contributed by atoms with van der Waals surface area (Å²) in [5, 5.41) is 2.75. The van der Waals surface area contributed by atoms with Gasteiger partial charge in [0.25, 0.3) is 0 Å². The van der Waals surface area contributed by atoms with Crippen molar-refractivity contribution in [3.8, 4) is 0 Å². The molecular formula is C14H12FN3O. The number of amides is 2. The highest BCUT2D eigenvalue weighted by atomic mass is 19.1. The Labute approximate surface area is 109 Å². The molecule has 0 aliphatic carbocycles. The van der Waals surface area contributed by atoms with Crippen LogP contribution in [-0.2, 0) is 6.42 Å². The van der Waals surface area contributed by atoms with E-state index in [-0.39, 0.29) is 11.8 Å². The highest BCUT2D eigenvalue weighted by Gasteiger charge is 2.25. The van der Waals surface area contributed by atoms with Gasteiger partial charge in [-0.1, -0.05) is 6.07 Å². The molecule has 1 N–H and O–H groups in total. The monoisotopic (exact) mass is 257 g/mol. The Morgan fingerprint density at radius 3 is 3.05 bits per heavy atom. The third-order valence-corrected chi connectivity index (χ3v) is 3.10. The minimum absolute atomic E-state index is 0.266. The number of rotatable bonds is 1. The van der Waals surface area contributed by atoms with Gasteiger partial charge in [0, 0.05) is 12.7 Å². The van der Waals surface area contributed by atoms with E-state index in [4.69, 9.17) is 0 Å². The predicted octanol–water partition coefficient (Wildman–Crippen LogP) is 2.82. The molecule has 0 atom stereocenters. The van der Waals surface area contributed by atoms with Gasteiger partial charge in [-0.25, -0.2) is 9.18 Å². The normalized spacial score (nSPS) is 13.2. The van der Waals surface area contributed by atoms with E-state index in [0.717, 1.165) is 12.0 Å². The van der Waals surface area contributed by atoms with Gasteiger partial charge in [0.05, 0.1) is 17.6 Å². The van der Waals surface area contributed by atoms with Crippen molar-refractivity contribution < 1.29 is 9.18 Å². The summed E-state index contributed by atoms with van der Waals surface area (Å²) in [6.45, 7) is 0.560. The third-order valence-electron chi connectivity index (χ3n) is 3.10. The molecule has 1 aliphatic heterocycles. The van der Waals surface area contributed by atoms with Crippen molar-refractivity contribution in [2.24, 2.45) is 0 Å². The van der Waals surface area contributed by atoms with Gasteiger partial charge in [0.2, 0.25) is 0 Å². The average molecular weight is 257 g/mol. The van der Waals surface area contributed by atoms with Crippen molar-refractivity contribution >= 4 is 17.4 Å². The Bertz CT molecular complexity index is 615. The lowest BCUT2D eigenvalue weighted by Crippen LogP contribution is -2.33. The molecule has 0 spiro atoms. The van der Waals surface area contributed by atoms with E-state index in [1.54, 1.807) is 35.5 Å². The van der Waals surface area contributed by atoms with E-state index in [1.165, 1.54) is 12.1 Å². The van der Waals surface area contributed by atoms with Gasteiger partial charge in [-0.2, -0.15) is 0 Å². The van der Waals surface area contributed by atoms with Crippen molar-refractivity contribution in [1.82, 2.24) is 4.98 Å². The quantitative estimate of drug-likeness (QED) is 0.853.